The first-order valence-corrected chi connectivity index (χ1v) is 24.6. The molecular formula is C56H69FN6O7. The topological polar surface area (TPSA) is 125 Å². The Balaban J connectivity index is 0.938. The molecule has 0 aliphatic carbocycles. The van der Waals surface area contributed by atoms with Crippen molar-refractivity contribution in [2.45, 2.75) is 123 Å². The molecular weight excluding hydrogens is 888 g/mol. The minimum absolute atomic E-state index is 0.0608. The van der Waals surface area contributed by atoms with E-state index in [1.54, 1.807) is 21.9 Å². The minimum atomic E-state index is -0.641. The Morgan fingerprint density at radius 1 is 0.786 bits per heavy atom. The largest absolute Gasteiger partial charge is 0.460 e. The summed E-state index contributed by atoms with van der Waals surface area (Å²) in [5.74, 6) is 6.11. The number of amides is 3. The van der Waals surface area contributed by atoms with Gasteiger partial charge in [-0.25, -0.2) is 19.0 Å². The maximum Gasteiger partial charge on any atom is 0.414 e. The van der Waals surface area contributed by atoms with Gasteiger partial charge in [0.2, 0.25) is 5.91 Å². The monoisotopic (exact) mass is 957 g/mol. The molecule has 14 heteroatoms. The van der Waals surface area contributed by atoms with E-state index >= 15 is 0 Å². The summed E-state index contributed by atoms with van der Waals surface area (Å²) in [6, 6.07) is 27.2. The lowest BCUT2D eigenvalue weighted by molar-refractivity contribution is -0.148. The van der Waals surface area contributed by atoms with Gasteiger partial charge in [-0.1, -0.05) is 92.6 Å². The van der Waals surface area contributed by atoms with E-state index in [9.17, 15) is 23.6 Å². The first-order chi connectivity index (χ1) is 33.4. The number of aromatic nitrogens is 1. The average Bonchev–Trinajstić information content (AvgIpc) is 3.59. The zero-order valence-electron chi connectivity index (χ0n) is 41.9. The van der Waals surface area contributed by atoms with Crippen LogP contribution in [-0.2, 0) is 48.8 Å². The molecule has 372 valence electrons. The van der Waals surface area contributed by atoms with Gasteiger partial charge < -0.3 is 24.0 Å². The number of hydrogen-bond acceptors (Lipinski definition) is 10. The second-order valence-electron chi connectivity index (χ2n) is 20.6. The third kappa shape index (κ3) is 13.9. The number of unbranched alkanes of at least 4 members (excludes halogenated alkanes) is 2. The quantitative estimate of drug-likeness (QED) is 0.0525. The zero-order chi connectivity index (χ0) is 50.0. The van der Waals surface area contributed by atoms with Crippen LogP contribution in [0.25, 0.3) is 0 Å². The smallest absolute Gasteiger partial charge is 0.414 e. The predicted octanol–water partition coefficient (Wildman–Crippen LogP) is 8.74. The molecule has 3 atom stereocenters. The average molecular weight is 957 g/mol. The summed E-state index contributed by atoms with van der Waals surface area (Å²) >= 11 is 0. The van der Waals surface area contributed by atoms with E-state index in [-0.39, 0.29) is 61.7 Å². The molecule has 0 spiro atoms. The molecule has 7 rings (SSSR count). The number of pyridine rings is 1. The number of anilines is 1. The summed E-state index contributed by atoms with van der Waals surface area (Å²) in [6.07, 6.45) is 2.04. The Kier molecular flexibility index (Phi) is 17.0. The van der Waals surface area contributed by atoms with Crippen molar-refractivity contribution in [3.63, 3.8) is 0 Å². The fraction of sp³-hybridized carbons (Fsp3) is 0.482. The number of nitrogens with zero attached hydrogens (tertiary/aromatic N) is 6. The molecule has 2 fully saturated rings. The molecule has 0 unspecified atom stereocenters. The molecule has 1 aromatic heterocycles. The standard InChI is InChI=1S/C56H69FN6O7/c1-40-32-60(29-28-59(40)34-47-35-62(54(67)70-55(3,4)5)41(2)33-61(47)36-51(65)68-37-43-18-12-10-13-19-43)50(64)23-17-9-8-16-22-48-45(30-42-24-26-46(57)27-25-42)31-49-52(58-48)56(6,7)39-63(49)53(66)69-38-44-20-14-11-15-21-44/h10-15,18-21,24-27,31,40-41,47H,8-9,17,23,28-30,32-39H2,1-7H3/t40-,41-,47+/m1/s1. The van der Waals surface area contributed by atoms with Crippen LogP contribution in [0.2, 0.25) is 0 Å². The summed E-state index contributed by atoms with van der Waals surface area (Å²) < 4.78 is 31.1. The number of halogens is 1. The first-order valence-electron chi connectivity index (χ1n) is 24.6. The van der Waals surface area contributed by atoms with Crippen LogP contribution in [0.5, 0.6) is 0 Å². The molecule has 4 heterocycles. The molecule has 0 N–H and O–H groups in total. The van der Waals surface area contributed by atoms with E-state index in [4.69, 9.17) is 19.2 Å². The number of piperazine rings is 2. The van der Waals surface area contributed by atoms with Crippen molar-refractivity contribution in [3.8, 4) is 11.8 Å². The van der Waals surface area contributed by atoms with Gasteiger partial charge in [0.1, 0.15) is 30.3 Å². The lowest BCUT2D eigenvalue weighted by Gasteiger charge is -2.48. The van der Waals surface area contributed by atoms with Gasteiger partial charge in [0, 0.05) is 88.6 Å². The van der Waals surface area contributed by atoms with E-state index in [0.717, 1.165) is 34.4 Å². The molecule has 3 aliphatic rings. The number of carbonyl (C=O) groups excluding carboxylic acids is 4. The SMILES string of the molecule is C[C@@H]1CN(C(=O)CCCCC#Cc2nc3c(cc2Cc2ccc(F)cc2)N(C(=O)OCc2ccccc2)CC3(C)C)CCN1C[C@H]1CN(C(=O)OC(C)(C)C)[C@H](C)CN1CC(=O)OCc1ccccc1. The van der Waals surface area contributed by atoms with E-state index in [2.05, 4.69) is 42.4 Å². The molecule has 0 bridgehead atoms. The van der Waals surface area contributed by atoms with Gasteiger partial charge in [-0.15, -0.1) is 0 Å². The van der Waals surface area contributed by atoms with Crippen LogP contribution >= 0.6 is 0 Å². The van der Waals surface area contributed by atoms with Crippen molar-refractivity contribution in [2.24, 2.45) is 0 Å². The first kappa shape index (κ1) is 51.5. The fourth-order valence-corrected chi connectivity index (χ4v) is 9.39. The number of rotatable bonds is 14. The van der Waals surface area contributed by atoms with Crippen molar-refractivity contribution < 1.29 is 37.8 Å². The molecule has 2 saturated heterocycles. The minimum Gasteiger partial charge on any atom is -0.460 e. The van der Waals surface area contributed by atoms with Crippen molar-refractivity contribution in [2.75, 3.05) is 57.3 Å². The van der Waals surface area contributed by atoms with Crippen LogP contribution in [0.4, 0.5) is 19.7 Å². The number of esters is 1. The lowest BCUT2D eigenvalue weighted by Crippen LogP contribution is -2.64. The molecule has 4 aromatic rings. The normalized spacial score (nSPS) is 19.2. The van der Waals surface area contributed by atoms with Gasteiger partial charge in [0.25, 0.3) is 0 Å². The van der Waals surface area contributed by atoms with E-state index in [0.29, 0.717) is 82.9 Å². The van der Waals surface area contributed by atoms with Gasteiger partial charge in [-0.2, -0.15) is 0 Å². The molecule has 3 aliphatic heterocycles. The van der Waals surface area contributed by atoms with E-state index < -0.39 is 17.1 Å². The Morgan fingerprint density at radius 2 is 1.46 bits per heavy atom. The summed E-state index contributed by atoms with van der Waals surface area (Å²) in [4.78, 5) is 68.5. The molecule has 0 saturated carbocycles. The fourth-order valence-electron chi connectivity index (χ4n) is 9.39. The number of hydrogen-bond donors (Lipinski definition) is 0. The van der Waals surface area contributed by atoms with Crippen LogP contribution in [0.1, 0.15) is 108 Å². The van der Waals surface area contributed by atoms with Crippen molar-refractivity contribution in [3.05, 3.63) is 130 Å². The Labute approximate surface area is 413 Å². The molecule has 3 amide bonds. The highest BCUT2D eigenvalue weighted by Gasteiger charge is 2.42. The Hall–Kier alpha value is -6.30. The summed E-state index contributed by atoms with van der Waals surface area (Å²) in [5, 5.41) is 0. The number of fused-ring (bicyclic) bond motifs is 1. The Bertz CT molecular complexity index is 2500. The van der Waals surface area contributed by atoms with Gasteiger partial charge in [-0.3, -0.25) is 24.3 Å². The number of ether oxygens (including phenoxy) is 3. The molecule has 70 heavy (non-hydrogen) atoms. The molecule has 0 radical (unpaired) electrons. The zero-order valence-corrected chi connectivity index (χ0v) is 41.9. The molecule has 13 nitrogen and oxygen atoms in total. The van der Waals surface area contributed by atoms with Crippen molar-refractivity contribution in [1.82, 2.24) is 24.6 Å². The Morgan fingerprint density at radius 3 is 2.11 bits per heavy atom. The highest BCUT2D eigenvalue weighted by atomic mass is 19.1. The van der Waals surface area contributed by atoms with Gasteiger partial charge in [-0.05, 0) is 93.8 Å². The van der Waals surface area contributed by atoms with E-state index in [1.165, 1.54) is 12.1 Å². The van der Waals surface area contributed by atoms with Gasteiger partial charge in [0.15, 0.2) is 0 Å². The number of benzene rings is 3. The number of carbonyl (C=O) groups is 4. The van der Waals surface area contributed by atoms with Crippen LogP contribution in [0, 0.1) is 17.7 Å². The third-order valence-electron chi connectivity index (χ3n) is 13.2. The van der Waals surface area contributed by atoms with Crippen LogP contribution in [-0.4, -0.2) is 125 Å². The van der Waals surface area contributed by atoms with Gasteiger partial charge in [0.05, 0.1) is 17.9 Å². The highest BCUT2D eigenvalue weighted by molar-refractivity contribution is 5.91. The maximum absolute atomic E-state index is 13.9. The predicted molar refractivity (Wildman–Crippen MR) is 267 cm³/mol. The van der Waals surface area contributed by atoms with Crippen LogP contribution in [0.15, 0.2) is 91.0 Å². The second kappa shape index (κ2) is 23.1. The van der Waals surface area contributed by atoms with Gasteiger partial charge >= 0.3 is 18.2 Å². The van der Waals surface area contributed by atoms with Crippen molar-refractivity contribution >= 4 is 29.8 Å². The summed E-state index contributed by atoms with van der Waals surface area (Å²) in [6.45, 7) is 18.0. The van der Waals surface area contributed by atoms with E-state index in [1.807, 2.05) is 99.3 Å². The highest BCUT2D eigenvalue weighted by Crippen LogP contribution is 2.41. The lowest BCUT2D eigenvalue weighted by atomic mass is 9.90. The summed E-state index contributed by atoms with van der Waals surface area (Å²) in [5.41, 5.74) is 4.51. The molecule has 3 aromatic carbocycles. The summed E-state index contributed by atoms with van der Waals surface area (Å²) in [7, 11) is 0. The third-order valence-corrected chi connectivity index (χ3v) is 13.2. The maximum atomic E-state index is 13.9. The van der Waals surface area contributed by atoms with Crippen molar-refractivity contribution in [1.29, 1.82) is 0 Å². The van der Waals surface area contributed by atoms with Crippen LogP contribution in [0.3, 0.4) is 0 Å². The van der Waals surface area contributed by atoms with Crippen LogP contribution < -0.4 is 4.90 Å². The second-order valence-corrected chi connectivity index (χ2v) is 20.6.